The number of hydrogen-bond donors (Lipinski definition) is 2. The summed E-state index contributed by atoms with van der Waals surface area (Å²) in [4.78, 5) is 0. The van der Waals surface area contributed by atoms with Crippen LogP contribution in [0.15, 0.2) is 0 Å². The van der Waals surface area contributed by atoms with E-state index in [1.54, 1.807) is 0 Å². The number of hydrogen-bond acceptors (Lipinski definition) is 2. The number of rotatable bonds is 3. The Kier molecular flexibility index (Phi) is 4.26. The van der Waals surface area contributed by atoms with Gasteiger partial charge in [0.15, 0.2) is 0 Å². The van der Waals surface area contributed by atoms with Crippen molar-refractivity contribution in [1.82, 2.24) is 0 Å². The molecule has 94 valence electrons. The van der Waals surface area contributed by atoms with Crippen LogP contribution in [-0.4, -0.2) is 22.9 Å². The van der Waals surface area contributed by atoms with Crippen molar-refractivity contribution in [3.8, 4) is 0 Å². The molecule has 0 spiro atoms. The standard InChI is InChI=1S/C14H26O2/c15-11-14(9-5-2-6-10-14)13(16)12-7-3-1-4-8-12/h12-13,15-16H,1-11H2/t13-/m0/s1. The summed E-state index contributed by atoms with van der Waals surface area (Å²) >= 11 is 0. The van der Waals surface area contributed by atoms with E-state index in [1.807, 2.05) is 0 Å². The first-order chi connectivity index (χ1) is 7.78. The second-order valence-electron chi connectivity index (χ2n) is 5.92. The molecule has 0 heterocycles. The molecular formula is C14H26O2. The normalized spacial score (nSPS) is 28.9. The molecule has 0 amide bonds. The molecular weight excluding hydrogens is 200 g/mol. The molecule has 2 nitrogen and oxygen atoms in total. The molecule has 0 aromatic rings. The fourth-order valence-corrected chi connectivity index (χ4v) is 3.75. The fraction of sp³-hybridized carbons (Fsp3) is 1.00. The lowest BCUT2D eigenvalue weighted by Gasteiger charge is -2.44. The summed E-state index contributed by atoms with van der Waals surface area (Å²) in [6, 6.07) is 0. The average molecular weight is 226 g/mol. The highest BCUT2D eigenvalue weighted by Gasteiger charge is 2.42. The van der Waals surface area contributed by atoms with E-state index in [4.69, 9.17) is 0 Å². The van der Waals surface area contributed by atoms with Gasteiger partial charge in [-0.3, -0.25) is 0 Å². The summed E-state index contributed by atoms with van der Waals surface area (Å²) in [5.41, 5.74) is -0.153. The lowest BCUT2D eigenvalue weighted by atomic mass is 9.65. The maximum absolute atomic E-state index is 10.6. The van der Waals surface area contributed by atoms with Gasteiger partial charge in [0.05, 0.1) is 12.7 Å². The van der Waals surface area contributed by atoms with Gasteiger partial charge in [-0.05, 0) is 31.6 Å². The lowest BCUT2D eigenvalue weighted by Crippen LogP contribution is -2.45. The molecule has 0 bridgehead atoms. The molecule has 0 saturated heterocycles. The van der Waals surface area contributed by atoms with Gasteiger partial charge in [-0.15, -0.1) is 0 Å². The zero-order chi connectivity index (χ0) is 11.4. The van der Waals surface area contributed by atoms with Gasteiger partial charge < -0.3 is 10.2 Å². The van der Waals surface area contributed by atoms with E-state index in [9.17, 15) is 10.2 Å². The first-order valence-corrected chi connectivity index (χ1v) is 7.07. The molecule has 0 unspecified atom stereocenters. The van der Waals surface area contributed by atoms with Crippen LogP contribution in [0.2, 0.25) is 0 Å². The van der Waals surface area contributed by atoms with Gasteiger partial charge in [0, 0.05) is 5.41 Å². The molecule has 0 aliphatic heterocycles. The zero-order valence-electron chi connectivity index (χ0n) is 10.3. The highest BCUT2D eigenvalue weighted by Crippen LogP contribution is 2.44. The quantitative estimate of drug-likeness (QED) is 0.777. The van der Waals surface area contributed by atoms with Crippen LogP contribution in [0.1, 0.15) is 64.2 Å². The third-order valence-corrected chi connectivity index (χ3v) is 4.89. The van der Waals surface area contributed by atoms with E-state index in [-0.39, 0.29) is 18.1 Å². The number of aliphatic hydroxyl groups excluding tert-OH is 2. The minimum atomic E-state index is -0.252. The first kappa shape index (κ1) is 12.4. The highest BCUT2D eigenvalue weighted by atomic mass is 16.3. The molecule has 0 aromatic carbocycles. The summed E-state index contributed by atoms with van der Waals surface area (Å²) in [5.74, 6) is 0.457. The molecule has 0 aromatic heterocycles. The largest absolute Gasteiger partial charge is 0.396 e. The van der Waals surface area contributed by atoms with Gasteiger partial charge in [-0.1, -0.05) is 38.5 Å². The molecule has 2 N–H and O–H groups in total. The smallest absolute Gasteiger partial charge is 0.0646 e. The summed E-state index contributed by atoms with van der Waals surface area (Å²) in [6.07, 6.45) is 11.7. The zero-order valence-corrected chi connectivity index (χ0v) is 10.3. The second-order valence-corrected chi connectivity index (χ2v) is 5.92. The molecule has 2 aliphatic rings. The van der Waals surface area contributed by atoms with E-state index in [2.05, 4.69) is 0 Å². The SMILES string of the molecule is OCC1([C@@H](O)C2CCCCC2)CCCCC1. The molecule has 2 heteroatoms. The van der Waals surface area contributed by atoms with Crippen molar-refractivity contribution in [2.75, 3.05) is 6.61 Å². The van der Waals surface area contributed by atoms with Crippen molar-refractivity contribution in [2.45, 2.75) is 70.3 Å². The van der Waals surface area contributed by atoms with Crippen LogP contribution in [0.25, 0.3) is 0 Å². The topological polar surface area (TPSA) is 40.5 Å². The van der Waals surface area contributed by atoms with Crippen molar-refractivity contribution >= 4 is 0 Å². The molecule has 16 heavy (non-hydrogen) atoms. The Hall–Kier alpha value is -0.0800. The van der Waals surface area contributed by atoms with Crippen LogP contribution in [0, 0.1) is 11.3 Å². The summed E-state index contributed by atoms with van der Waals surface area (Å²) in [6.45, 7) is 0.185. The van der Waals surface area contributed by atoms with Crippen LogP contribution in [0.3, 0.4) is 0 Å². The Balaban J connectivity index is 2.00. The maximum Gasteiger partial charge on any atom is 0.0646 e. The minimum Gasteiger partial charge on any atom is -0.396 e. The van der Waals surface area contributed by atoms with E-state index < -0.39 is 0 Å². The Labute approximate surface area is 99.1 Å². The van der Waals surface area contributed by atoms with Crippen molar-refractivity contribution in [1.29, 1.82) is 0 Å². The fourth-order valence-electron chi connectivity index (χ4n) is 3.75. The second kappa shape index (κ2) is 5.50. The Morgan fingerprint density at radius 2 is 1.50 bits per heavy atom. The Bertz CT molecular complexity index is 203. The van der Waals surface area contributed by atoms with Crippen LogP contribution < -0.4 is 0 Å². The third kappa shape index (κ3) is 2.43. The van der Waals surface area contributed by atoms with Gasteiger partial charge in [-0.25, -0.2) is 0 Å². The van der Waals surface area contributed by atoms with Gasteiger partial charge in [0.2, 0.25) is 0 Å². The summed E-state index contributed by atoms with van der Waals surface area (Å²) in [5, 5.41) is 20.3. The lowest BCUT2D eigenvalue weighted by molar-refractivity contribution is -0.0795. The first-order valence-electron chi connectivity index (χ1n) is 7.07. The molecule has 2 rings (SSSR count). The predicted molar refractivity (Wildman–Crippen MR) is 65.2 cm³/mol. The summed E-state index contributed by atoms with van der Waals surface area (Å²) < 4.78 is 0. The predicted octanol–water partition coefficient (Wildman–Crippen LogP) is 2.87. The van der Waals surface area contributed by atoms with E-state index in [1.165, 1.54) is 51.4 Å². The van der Waals surface area contributed by atoms with Crippen LogP contribution in [0.4, 0.5) is 0 Å². The summed E-state index contributed by atoms with van der Waals surface area (Å²) in [7, 11) is 0. The van der Waals surface area contributed by atoms with Crippen LogP contribution in [-0.2, 0) is 0 Å². The van der Waals surface area contributed by atoms with Crippen LogP contribution >= 0.6 is 0 Å². The van der Waals surface area contributed by atoms with Crippen molar-refractivity contribution in [3.05, 3.63) is 0 Å². The Morgan fingerprint density at radius 1 is 0.938 bits per heavy atom. The Morgan fingerprint density at radius 3 is 2.06 bits per heavy atom. The van der Waals surface area contributed by atoms with Crippen molar-refractivity contribution in [2.24, 2.45) is 11.3 Å². The van der Waals surface area contributed by atoms with Gasteiger partial charge in [0.25, 0.3) is 0 Å². The van der Waals surface area contributed by atoms with E-state index >= 15 is 0 Å². The third-order valence-electron chi connectivity index (χ3n) is 4.89. The van der Waals surface area contributed by atoms with Crippen LogP contribution in [0.5, 0.6) is 0 Å². The molecule has 2 fully saturated rings. The van der Waals surface area contributed by atoms with Crippen molar-refractivity contribution < 1.29 is 10.2 Å². The van der Waals surface area contributed by atoms with E-state index in [0.717, 1.165) is 12.8 Å². The van der Waals surface area contributed by atoms with Crippen molar-refractivity contribution in [3.63, 3.8) is 0 Å². The van der Waals surface area contributed by atoms with E-state index in [0.29, 0.717) is 5.92 Å². The van der Waals surface area contributed by atoms with Gasteiger partial charge in [-0.2, -0.15) is 0 Å². The minimum absolute atomic E-state index is 0.153. The van der Waals surface area contributed by atoms with Gasteiger partial charge >= 0.3 is 0 Å². The molecule has 2 saturated carbocycles. The molecule has 0 radical (unpaired) electrons. The molecule has 1 atom stereocenters. The van der Waals surface area contributed by atoms with Gasteiger partial charge in [0.1, 0.15) is 0 Å². The monoisotopic (exact) mass is 226 g/mol. The molecule has 2 aliphatic carbocycles. The number of aliphatic hydroxyl groups is 2. The highest BCUT2D eigenvalue weighted by molar-refractivity contribution is 4.92. The maximum atomic E-state index is 10.6. The average Bonchev–Trinajstić information content (AvgIpc) is 2.39.